The summed E-state index contributed by atoms with van der Waals surface area (Å²) in [7, 11) is 1.66. The van der Waals surface area contributed by atoms with E-state index in [0.717, 1.165) is 66.5 Å². The lowest BCUT2D eigenvalue weighted by Gasteiger charge is -2.15. The molecule has 0 saturated carbocycles. The maximum absolute atomic E-state index is 12.6. The van der Waals surface area contributed by atoms with Gasteiger partial charge < -0.3 is 14.2 Å². The van der Waals surface area contributed by atoms with Crippen LogP contribution >= 0.6 is 0 Å². The first-order chi connectivity index (χ1) is 15.2. The summed E-state index contributed by atoms with van der Waals surface area (Å²) in [6, 6.07) is 10.1. The van der Waals surface area contributed by atoms with E-state index in [4.69, 9.17) is 4.74 Å². The molecule has 0 unspecified atom stereocenters. The van der Waals surface area contributed by atoms with Gasteiger partial charge in [0, 0.05) is 36.5 Å². The van der Waals surface area contributed by atoms with Gasteiger partial charge in [-0.3, -0.25) is 4.79 Å². The van der Waals surface area contributed by atoms with E-state index in [2.05, 4.69) is 23.6 Å². The highest BCUT2D eigenvalue weighted by molar-refractivity contribution is 5.95. The van der Waals surface area contributed by atoms with E-state index in [1.807, 2.05) is 55.2 Å². The van der Waals surface area contributed by atoms with Gasteiger partial charge in [0.2, 0.25) is 0 Å². The Morgan fingerprint density at radius 1 is 1.13 bits per heavy atom. The van der Waals surface area contributed by atoms with Gasteiger partial charge in [0.25, 0.3) is 5.91 Å². The van der Waals surface area contributed by atoms with Crippen molar-refractivity contribution in [2.75, 3.05) is 20.2 Å². The number of rotatable bonds is 4. The normalized spacial score (nSPS) is 14.7. The van der Waals surface area contributed by atoms with Crippen LogP contribution in [0.15, 0.2) is 36.1 Å². The summed E-state index contributed by atoms with van der Waals surface area (Å²) in [5, 5.41) is 11.9. The average Bonchev–Trinajstić information content (AvgIpc) is 3.40. The fraction of sp³-hybridized carbons (Fsp3) is 0.385. The third kappa shape index (κ3) is 4.29. The van der Waals surface area contributed by atoms with Crippen molar-refractivity contribution in [3.63, 3.8) is 0 Å². The number of aromatic nitrogens is 1. The predicted molar refractivity (Wildman–Crippen MR) is 125 cm³/mol. The number of methoxy groups -OCH3 is 1. The van der Waals surface area contributed by atoms with E-state index in [9.17, 15) is 10.1 Å². The summed E-state index contributed by atoms with van der Waals surface area (Å²) in [6.07, 6.45) is 8.97. The smallest absolute Gasteiger partial charge is 0.253 e. The highest BCUT2D eigenvalue weighted by atomic mass is 16.5. The Kier molecular flexibility index (Phi) is 7.36. The van der Waals surface area contributed by atoms with Crippen LogP contribution in [0.25, 0.3) is 23.4 Å². The predicted octanol–water partition coefficient (Wildman–Crippen LogP) is 3.80. The Hall–Kier alpha value is -3.26. The number of benzene rings is 1. The highest BCUT2D eigenvalue weighted by Gasteiger charge is 2.21. The van der Waals surface area contributed by atoms with E-state index in [1.165, 1.54) is 0 Å². The van der Waals surface area contributed by atoms with Crippen molar-refractivity contribution in [1.29, 1.82) is 5.26 Å². The highest BCUT2D eigenvalue weighted by Crippen LogP contribution is 2.23. The molecule has 0 atom stereocenters. The Bertz CT molecular complexity index is 1130. The maximum atomic E-state index is 12.6. The van der Waals surface area contributed by atoms with Gasteiger partial charge in [-0.2, -0.15) is 5.26 Å². The monoisotopic (exact) mass is 417 g/mol. The minimum Gasteiger partial charge on any atom is -0.497 e. The molecule has 1 aromatic heterocycles. The molecule has 4 rings (SSSR count). The van der Waals surface area contributed by atoms with Crippen LogP contribution in [0.4, 0.5) is 0 Å². The summed E-state index contributed by atoms with van der Waals surface area (Å²) >= 11 is 0. The Morgan fingerprint density at radius 2 is 1.81 bits per heavy atom. The molecule has 0 radical (unpaired) electrons. The molecule has 1 amide bonds. The van der Waals surface area contributed by atoms with Gasteiger partial charge in [-0.05, 0) is 50.0 Å². The summed E-state index contributed by atoms with van der Waals surface area (Å²) in [5.41, 5.74) is 3.21. The van der Waals surface area contributed by atoms with Gasteiger partial charge in [0.05, 0.1) is 23.7 Å². The van der Waals surface area contributed by atoms with Crippen molar-refractivity contribution in [2.24, 2.45) is 0 Å². The fourth-order valence-electron chi connectivity index (χ4n) is 4.26. The second kappa shape index (κ2) is 10.2. The number of fused-ring (bicyclic) bond motifs is 1. The van der Waals surface area contributed by atoms with Gasteiger partial charge >= 0.3 is 0 Å². The summed E-state index contributed by atoms with van der Waals surface area (Å²) in [6.45, 7) is 8.48. The van der Waals surface area contributed by atoms with Crippen molar-refractivity contribution >= 4 is 18.1 Å². The number of carbonyl (C=O) groups is 1. The van der Waals surface area contributed by atoms with Crippen LogP contribution in [0.2, 0.25) is 0 Å². The van der Waals surface area contributed by atoms with Crippen LogP contribution in [0.5, 0.6) is 0 Å². The quantitative estimate of drug-likeness (QED) is 0.760. The number of carbonyl (C=O) groups excluding carboxylic acids is 1. The second-order valence-electron chi connectivity index (χ2n) is 7.35. The Morgan fingerprint density at radius 3 is 2.39 bits per heavy atom. The van der Waals surface area contributed by atoms with Gasteiger partial charge in [-0.1, -0.05) is 32.1 Å². The first kappa shape index (κ1) is 22.4. The lowest BCUT2D eigenvalue weighted by atomic mass is 10.0. The molecule has 1 saturated heterocycles. The van der Waals surface area contributed by atoms with Crippen molar-refractivity contribution in [3.8, 4) is 17.3 Å². The number of likely N-dealkylation sites (tertiary alicyclic amines) is 1. The van der Waals surface area contributed by atoms with Crippen LogP contribution in [0, 0.1) is 11.3 Å². The summed E-state index contributed by atoms with van der Waals surface area (Å²) in [4.78, 5) is 14.6. The molecular formula is C26H31N3O2. The largest absolute Gasteiger partial charge is 0.497 e. The SMILES string of the molecule is CC.CCn1c(-c2ccc(C(=O)N3CCCC3)cc2)c(C#N)c2c1=CC(OC)=CCC=2. The van der Waals surface area contributed by atoms with Crippen LogP contribution < -0.4 is 10.6 Å². The molecule has 5 nitrogen and oxygen atoms in total. The molecule has 5 heteroatoms. The third-order valence-electron chi connectivity index (χ3n) is 5.73. The number of hydrogen-bond donors (Lipinski definition) is 0. The zero-order valence-corrected chi connectivity index (χ0v) is 18.9. The molecule has 1 aromatic carbocycles. The van der Waals surface area contributed by atoms with Gasteiger partial charge in [-0.25, -0.2) is 0 Å². The van der Waals surface area contributed by atoms with E-state index in [-0.39, 0.29) is 5.91 Å². The van der Waals surface area contributed by atoms with Crippen molar-refractivity contribution in [3.05, 3.63) is 57.8 Å². The average molecular weight is 418 g/mol. The Balaban J connectivity index is 0.00000132. The third-order valence-corrected chi connectivity index (χ3v) is 5.73. The zero-order chi connectivity index (χ0) is 22.4. The van der Waals surface area contributed by atoms with E-state index >= 15 is 0 Å². The second-order valence-corrected chi connectivity index (χ2v) is 7.35. The van der Waals surface area contributed by atoms with Gasteiger partial charge in [0.15, 0.2) is 0 Å². The van der Waals surface area contributed by atoms with E-state index in [0.29, 0.717) is 11.1 Å². The van der Waals surface area contributed by atoms with Gasteiger partial charge in [0.1, 0.15) is 11.8 Å². The molecule has 2 aliphatic rings. The lowest BCUT2D eigenvalue weighted by molar-refractivity contribution is 0.0793. The number of amides is 1. The van der Waals surface area contributed by atoms with Crippen LogP contribution in [0.3, 0.4) is 0 Å². The first-order valence-corrected chi connectivity index (χ1v) is 11.2. The summed E-state index contributed by atoms with van der Waals surface area (Å²) < 4.78 is 7.61. The first-order valence-electron chi connectivity index (χ1n) is 11.2. The standard InChI is InChI=1S/C24H25N3O2.C2H6/c1-3-27-22-15-19(29-2)7-6-8-20(22)21(16-25)23(27)17-9-11-18(12-10-17)24(28)26-13-4-5-14-26;1-2/h7-12,15H,3-6,13-14H2,1-2H3;1-2H3. The topological polar surface area (TPSA) is 58.3 Å². The zero-order valence-electron chi connectivity index (χ0n) is 18.9. The summed E-state index contributed by atoms with van der Waals surface area (Å²) in [5.74, 6) is 0.891. The number of nitrogens with zero attached hydrogens (tertiary/aromatic N) is 3. The number of ether oxygens (including phenoxy) is 1. The molecule has 1 fully saturated rings. The molecular weight excluding hydrogens is 386 g/mol. The van der Waals surface area contributed by atoms with Crippen LogP contribution in [-0.4, -0.2) is 35.6 Å². The van der Waals surface area contributed by atoms with Crippen molar-refractivity contribution in [1.82, 2.24) is 9.47 Å². The van der Waals surface area contributed by atoms with E-state index < -0.39 is 0 Å². The number of hydrogen-bond acceptors (Lipinski definition) is 3. The van der Waals surface area contributed by atoms with Crippen LogP contribution in [-0.2, 0) is 11.3 Å². The van der Waals surface area contributed by atoms with Crippen molar-refractivity contribution in [2.45, 2.75) is 46.6 Å². The fourth-order valence-corrected chi connectivity index (χ4v) is 4.26. The molecule has 31 heavy (non-hydrogen) atoms. The molecule has 162 valence electrons. The van der Waals surface area contributed by atoms with Crippen LogP contribution in [0.1, 0.15) is 56.0 Å². The van der Waals surface area contributed by atoms with E-state index in [1.54, 1.807) is 7.11 Å². The minimum absolute atomic E-state index is 0.0905. The minimum atomic E-state index is 0.0905. The molecule has 0 spiro atoms. The number of nitriles is 1. The molecule has 2 heterocycles. The van der Waals surface area contributed by atoms with Crippen molar-refractivity contribution < 1.29 is 9.53 Å². The lowest BCUT2D eigenvalue weighted by Crippen LogP contribution is -2.29. The number of allylic oxidation sites excluding steroid dienone is 2. The molecule has 0 bridgehead atoms. The Labute approximate surface area is 184 Å². The molecule has 1 aliphatic carbocycles. The van der Waals surface area contributed by atoms with Gasteiger partial charge in [-0.15, -0.1) is 0 Å². The maximum Gasteiger partial charge on any atom is 0.253 e. The molecule has 0 N–H and O–H groups in total. The molecule has 1 aliphatic heterocycles. The molecule has 2 aromatic rings.